The molecule has 0 aliphatic carbocycles. The summed E-state index contributed by atoms with van der Waals surface area (Å²) in [4.78, 5) is 8.43. The van der Waals surface area contributed by atoms with Crippen molar-refractivity contribution in [1.29, 1.82) is 0 Å². The Bertz CT molecular complexity index is 740. The molecule has 0 radical (unpaired) electrons. The third-order valence-corrected chi connectivity index (χ3v) is 5.17. The van der Waals surface area contributed by atoms with E-state index in [9.17, 15) is 8.42 Å². The molecule has 0 saturated carbocycles. The molecule has 0 spiro atoms. The van der Waals surface area contributed by atoms with Crippen LogP contribution in [0.1, 0.15) is 19.5 Å². The highest BCUT2D eigenvalue weighted by Crippen LogP contribution is 2.20. The molecule has 2 aromatic rings. The van der Waals surface area contributed by atoms with Crippen molar-refractivity contribution in [2.45, 2.75) is 24.9 Å². The van der Waals surface area contributed by atoms with E-state index in [0.29, 0.717) is 17.2 Å². The molecule has 0 fully saturated rings. The average Bonchev–Trinajstić information content (AvgIpc) is 2.38. The molecule has 0 saturated heterocycles. The van der Waals surface area contributed by atoms with Gasteiger partial charge in [0.25, 0.3) is 0 Å². The van der Waals surface area contributed by atoms with Gasteiger partial charge < -0.3 is 11.5 Å². The maximum absolute atomic E-state index is 12.0. The van der Waals surface area contributed by atoms with Crippen molar-refractivity contribution in [3.8, 4) is 11.4 Å². The Hall–Kier alpha value is -2.15. The Morgan fingerprint density at radius 1 is 1.10 bits per heavy atom. The lowest BCUT2D eigenvalue weighted by Crippen LogP contribution is -2.17. The number of benzene rings is 1. The summed E-state index contributed by atoms with van der Waals surface area (Å²) in [6.45, 7) is 3.28. The Kier molecular flexibility index (Phi) is 4.13. The van der Waals surface area contributed by atoms with Crippen LogP contribution in [0.3, 0.4) is 0 Å². The number of anilines is 2. The van der Waals surface area contributed by atoms with Gasteiger partial charge in [-0.2, -0.15) is 0 Å². The van der Waals surface area contributed by atoms with Crippen molar-refractivity contribution in [2.24, 2.45) is 0 Å². The summed E-state index contributed by atoms with van der Waals surface area (Å²) >= 11 is 0. The van der Waals surface area contributed by atoms with Gasteiger partial charge in [0, 0.05) is 17.3 Å². The van der Waals surface area contributed by atoms with E-state index < -0.39 is 15.1 Å². The average molecular weight is 306 g/mol. The number of nitrogen functional groups attached to an aromatic ring is 2. The summed E-state index contributed by atoms with van der Waals surface area (Å²) in [6, 6.07) is 8.48. The SMILES string of the molecule is CC(C)S(=O)(=O)Cc1cc(N)nc(-c2ccc(N)cc2)n1. The largest absolute Gasteiger partial charge is 0.399 e. The van der Waals surface area contributed by atoms with Crippen LogP contribution >= 0.6 is 0 Å². The van der Waals surface area contributed by atoms with Gasteiger partial charge in [-0.1, -0.05) is 0 Å². The van der Waals surface area contributed by atoms with Gasteiger partial charge in [-0.15, -0.1) is 0 Å². The lowest BCUT2D eigenvalue weighted by atomic mass is 10.2. The maximum Gasteiger partial charge on any atom is 0.161 e. The first-order valence-electron chi connectivity index (χ1n) is 6.49. The van der Waals surface area contributed by atoms with Gasteiger partial charge >= 0.3 is 0 Å². The van der Waals surface area contributed by atoms with Crippen LogP contribution in [0.4, 0.5) is 11.5 Å². The molecule has 0 amide bonds. The second-order valence-corrected chi connectivity index (χ2v) is 7.64. The minimum atomic E-state index is -3.24. The van der Waals surface area contributed by atoms with Gasteiger partial charge in [-0.05, 0) is 38.1 Å². The first kappa shape index (κ1) is 15.2. The molecular formula is C14H18N4O2S. The van der Waals surface area contributed by atoms with Crippen LogP contribution in [-0.2, 0) is 15.6 Å². The van der Waals surface area contributed by atoms with Crippen LogP contribution < -0.4 is 11.5 Å². The van der Waals surface area contributed by atoms with Crippen molar-refractivity contribution in [3.63, 3.8) is 0 Å². The molecule has 7 heteroatoms. The fourth-order valence-corrected chi connectivity index (χ4v) is 2.62. The number of aromatic nitrogens is 2. The lowest BCUT2D eigenvalue weighted by molar-refractivity contribution is 0.586. The van der Waals surface area contributed by atoms with Crippen molar-refractivity contribution >= 4 is 21.3 Å². The van der Waals surface area contributed by atoms with Crippen LogP contribution in [0.5, 0.6) is 0 Å². The smallest absolute Gasteiger partial charge is 0.161 e. The Labute approximate surface area is 124 Å². The summed E-state index contributed by atoms with van der Waals surface area (Å²) in [5.41, 5.74) is 13.1. The van der Waals surface area contributed by atoms with E-state index in [4.69, 9.17) is 11.5 Å². The molecule has 112 valence electrons. The molecule has 6 nitrogen and oxygen atoms in total. The van der Waals surface area contributed by atoms with Crippen molar-refractivity contribution in [3.05, 3.63) is 36.0 Å². The van der Waals surface area contributed by atoms with Gasteiger partial charge in [0.1, 0.15) is 5.82 Å². The van der Waals surface area contributed by atoms with Crippen molar-refractivity contribution in [2.75, 3.05) is 11.5 Å². The summed E-state index contributed by atoms with van der Waals surface area (Å²) in [5, 5.41) is -0.464. The molecule has 2 rings (SSSR count). The van der Waals surface area contributed by atoms with E-state index in [2.05, 4.69) is 9.97 Å². The van der Waals surface area contributed by atoms with Crippen molar-refractivity contribution < 1.29 is 8.42 Å². The van der Waals surface area contributed by atoms with Crippen LogP contribution in [0.15, 0.2) is 30.3 Å². The maximum atomic E-state index is 12.0. The second kappa shape index (κ2) is 5.69. The summed E-state index contributed by atoms with van der Waals surface area (Å²) in [7, 11) is -3.24. The number of rotatable bonds is 4. The first-order valence-corrected chi connectivity index (χ1v) is 8.20. The number of nitrogens with zero attached hydrogens (tertiary/aromatic N) is 2. The normalized spacial score (nSPS) is 11.8. The van der Waals surface area contributed by atoms with Gasteiger partial charge in [0.05, 0.1) is 16.7 Å². The highest BCUT2D eigenvalue weighted by Gasteiger charge is 2.18. The van der Waals surface area contributed by atoms with Crippen LogP contribution in [0.2, 0.25) is 0 Å². The minimum Gasteiger partial charge on any atom is -0.399 e. The van der Waals surface area contributed by atoms with Gasteiger partial charge in [0.2, 0.25) is 0 Å². The molecule has 0 bridgehead atoms. The standard InChI is InChI=1S/C14H18N4O2S/c1-9(2)21(19,20)8-12-7-13(16)18-14(17-12)10-3-5-11(15)6-4-10/h3-7,9H,8,15H2,1-2H3,(H2,16,17,18). The molecule has 0 unspecified atom stereocenters. The fraction of sp³-hybridized carbons (Fsp3) is 0.286. The predicted molar refractivity (Wildman–Crippen MR) is 84.1 cm³/mol. The molecule has 21 heavy (non-hydrogen) atoms. The minimum absolute atomic E-state index is 0.153. The summed E-state index contributed by atoms with van der Waals surface area (Å²) in [6.07, 6.45) is 0. The number of hydrogen-bond acceptors (Lipinski definition) is 6. The Morgan fingerprint density at radius 3 is 2.29 bits per heavy atom. The van der Waals surface area contributed by atoms with E-state index >= 15 is 0 Å². The van der Waals surface area contributed by atoms with Crippen LogP contribution in [0.25, 0.3) is 11.4 Å². The van der Waals surface area contributed by atoms with E-state index in [1.54, 1.807) is 38.1 Å². The zero-order valence-electron chi connectivity index (χ0n) is 11.9. The Balaban J connectivity index is 2.40. The number of sulfone groups is 1. The van der Waals surface area contributed by atoms with E-state index in [0.717, 1.165) is 5.56 Å². The molecule has 0 atom stereocenters. The van der Waals surface area contributed by atoms with E-state index in [-0.39, 0.29) is 11.6 Å². The highest BCUT2D eigenvalue weighted by atomic mass is 32.2. The quantitative estimate of drug-likeness (QED) is 0.830. The third kappa shape index (κ3) is 3.69. The molecule has 0 aliphatic rings. The first-order chi connectivity index (χ1) is 9.78. The van der Waals surface area contributed by atoms with Gasteiger partial charge in [-0.25, -0.2) is 18.4 Å². The van der Waals surface area contributed by atoms with Gasteiger partial charge in [-0.3, -0.25) is 0 Å². The fourth-order valence-electron chi connectivity index (χ4n) is 1.73. The number of hydrogen-bond donors (Lipinski definition) is 2. The monoisotopic (exact) mass is 306 g/mol. The third-order valence-electron chi connectivity index (χ3n) is 3.04. The molecule has 0 aliphatic heterocycles. The summed E-state index contributed by atoms with van der Waals surface area (Å²) in [5.74, 6) is 0.481. The molecule has 1 heterocycles. The van der Waals surface area contributed by atoms with Gasteiger partial charge in [0.15, 0.2) is 15.7 Å². The zero-order chi connectivity index (χ0) is 15.6. The van der Waals surface area contributed by atoms with Crippen LogP contribution in [-0.4, -0.2) is 23.6 Å². The topological polar surface area (TPSA) is 112 Å². The summed E-state index contributed by atoms with van der Waals surface area (Å²) < 4.78 is 24.0. The zero-order valence-corrected chi connectivity index (χ0v) is 12.8. The molecule has 4 N–H and O–H groups in total. The molecule has 1 aromatic heterocycles. The van der Waals surface area contributed by atoms with E-state index in [1.165, 1.54) is 6.07 Å². The molecular weight excluding hydrogens is 288 g/mol. The second-order valence-electron chi connectivity index (χ2n) is 5.09. The van der Waals surface area contributed by atoms with E-state index in [1.807, 2.05) is 0 Å². The van der Waals surface area contributed by atoms with Crippen molar-refractivity contribution in [1.82, 2.24) is 9.97 Å². The molecule has 1 aromatic carbocycles. The predicted octanol–water partition coefficient (Wildman–Crippen LogP) is 1.63. The number of nitrogens with two attached hydrogens (primary N) is 2. The highest BCUT2D eigenvalue weighted by molar-refractivity contribution is 7.91. The van der Waals surface area contributed by atoms with Crippen LogP contribution in [0, 0.1) is 0 Å². The Morgan fingerprint density at radius 2 is 1.71 bits per heavy atom. The lowest BCUT2D eigenvalue weighted by Gasteiger charge is -2.09.